The van der Waals surface area contributed by atoms with Gasteiger partial charge in [-0.1, -0.05) is 0 Å². The summed E-state index contributed by atoms with van der Waals surface area (Å²) < 4.78 is 11.8. The summed E-state index contributed by atoms with van der Waals surface area (Å²) in [5, 5.41) is 9.00. The number of nitrogens with two attached hydrogens (primary N) is 2. The van der Waals surface area contributed by atoms with Crippen LogP contribution in [0.15, 0.2) is 12.1 Å². The maximum absolute atomic E-state index is 9.00. The van der Waals surface area contributed by atoms with E-state index >= 15 is 0 Å². The molecule has 0 amide bonds. The van der Waals surface area contributed by atoms with Crippen LogP contribution in [0.25, 0.3) is 0 Å². The molecule has 1 aromatic carbocycles. The van der Waals surface area contributed by atoms with Crippen molar-refractivity contribution >= 4 is 24.0 Å². The van der Waals surface area contributed by atoms with Gasteiger partial charge in [-0.3, -0.25) is 0 Å². The van der Waals surface area contributed by atoms with Crippen LogP contribution in [0.4, 0.5) is 11.4 Å². The molecule has 1 heterocycles. The Morgan fingerprint density at radius 1 is 1.11 bits per heavy atom. The summed E-state index contributed by atoms with van der Waals surface area (Å²) in [7, 11) is -0.611. The molecular formula is C13H18BN3O2. The first-order valence-electron chi connectivity index (χ1n) is 6.12. The Morgan fingerprint density at radius 2 is 1.63 bits per heavy atom. The van der Waals surface area contributed by atoms with Gasteiger partial charge < -0.3 is 20.8 Å². The van der Waals surface area contributed by atoms with Crippen molar-refractivity contribution in [1.29, 1.82) is 5.26 Å². The molecule has 1 saturated heterocycles. The van der Waals surface area contributed by atoms with Crippen molar-refractivity contribution in [2.24, 2.45) is 0 Å². The fourth-order valence-electron chi connectivity index (χ4n) is 1.93. The molecule has 1 aliphatic heterocycles. The number of hydrogen-bond acceptors (Lipinski definition) is 5. The van der Waals surface area contributed by atoms with Crippen LogP contribution < -0.4 is 16.9 Å². The SMILES string of the molecule is CC1(C)OB(c2cc(C#N)cc(N)c2N)OC1(C)C. The van der Waals surface area contributed by atoms with E-state index in [2.05, 4.69) is 6.07 Å². The molecule has 0 radical (unpaired) electrons. The highest BCUT2D eigenvalue weighted by Crippen LogP contribution is 2.37. The highest BCUT2D eigenvalue weighted by atomic mass is 16.7. The molecule has 4 N–H and O–H groups in total. The lowest BCUT2D eigenvalue weighted by Gasteiger charge is -2.32. The summed E-state index contributed by atoms with van der Waals surface area (Å²) >= 11 is 0. The average Bonchev–Trinajstić information content (AvgIpc) is 2.51. The van der Waals surface area contributed by atoms with Crippen molar-refractivity contribution < 1.29 is 9.31 Å². The topological polar surface area (TPSA) is 94.3 Å². The molecule has 0 saturated carbocycles. The maximum atomic E-state index is 9.00. The molecule has 0 spiro atoms. The first-order valence-corrected chi connectivity index (χ1v) is 6.12. The van der Waals surface area contributed by atoms with Gasteiger partial charge in [0.05, 0.1) is 34.2 Å². The van der Waals surface area contributed by atoms with E-state index in [-0.39, 0.29) is 0 Å². The predicted octanol–water partition coefficient (Wildman–Crippen LogP) is 1.02. The highest BCUT2D eigenvalue weighted by Gasteiger charge is 2.52. The van der Waals surface area contributed by atoms with E-state index in [0.717, 1.165) is 0 Å². The fourth-order valence-corrected chi connectivity index (χ4v) is 1.93. The van der Waals surface area contributed by atoms with E-state index in [1.165, 1.54) is 0 Å². The molecular weight excluding hydrogens is 241 g/mol. The van der Waals surface area contributed by atoms with Gasteiger partial charge in [0, 0.05) is 5.46 Å². The minimum atomic E-state index is -0.611. The molecule has 100 valence electrons. The number of nitrogens with zero attached hydrogens (tertiary/aromatic N) is 1. The van der Waals surface area contributed by atoms with Crippen molar-refractivity contribution in [3.63, 3.8) is 0 Å². The Kier molecular flexibility index (Phi) is 3.00. The quantitative estimate of drug-likeness (QED) is 0.580. The maximum Gasteiger partial charge on any atom is 0.497 e. The summed E-state index contributed by atoms with van der Waals surface area (Å²) in [4.78, 5) is 0. The van der Waals surface area contributed by atoms with Crippen LogP contribution in [-0.2, 0) is 9.31 Å². The first kappa shape index (κ1) is 13.7. The molecule has 5 nitrogen and oxygen atoms in total. The van der Waals surface area contributed by atoms with Gasteiger partial charge in [0.15, 0.2) is 0 Å². The zero-order valence-electron chi connectivity index (χ0n) is 11.7. The van der Waals surface area contributed by atoms with Gasteiger partial charge >= 0.3 is 7.12 Å². The minimum absolute atomic E-state index is 0.365. The molecule has 1 aromatic rings. The van der Waals surface area contributed by atoms with E-state index in [9.17, 15) is 0 Å². The average molecular weight is 259 g/mol. The minimum Gasteiger partial charge on any atom is -0.399 e. The van der Waals surface area contributed by atoms with Crippen LogP contribution in [-0.4, -0.2) is 18.3 Å². The van der Waals surface area contributed by atoms with Crippen molar-refractivity contribution in [2.45, 2.75) is 38.9 Å². The number of benzene rings is 1. The monoisotopic (exact) mass is 259 g/mol. The third-order valence-electron chi connectivity index (χ3n) is 3.88. The van der Waals surface area contributed by atoms with Gasteiger partial charge in [0.1, 0.15) is 0 Å². The van der Waals surface area contributed by atoms with E-state index in [0.29, 0.717) is 22.4 Å². The Bertz CT molecular complexity index is 548. The highest BCUT2D eigenvalue weighted by molar-refractivity contribution is 6.64. The normalized spacial score (nSPS) is 20.3. The fraction of sp³-hybridized carbons (Fsp3) is 0.462. The van der Waals surface area contributed by atoms with Gasteiger partial charge in [0.25, 0.3) is 0 Å². The largest absolute Gasteiger partial charge is 0.497 e. The molecule has 2 rings (SSSR count). The van der Waals surface area contributed by atoms with Crippen LogP contribution in [0.1, 0.15) is 33.3 Å². The molecule has 0 unspecified atom stereocenters. The van der Waals surface area contributed by atoms with Crippen LogP contribution in [0.5, 0.6) is 0 Å². The summed E-state index contributed by atoms with van der Waals surface area (Å²) in [5.74, 6) is 0. The smallest absolute Gasteiger partial charge is 0.399 e. The summed E-state index contributed by atoms with van der Waals surface area (Å²) in [6, 6.07) is 5.26. The molecule has 0 aromatic heterocycles. The Labute approximate surface area is 113 Å². The molecule has 6 heteroatoms. The summed E-state index contributed by atoms with van der Waals surface area (Å²) in [6.07, 6.45) is 0. The Hall–Kier alpha value is -1.71. The third-order valence-corrected chi connectivity index (χ3v) is 3.88. The van der Waals surface area contributed by atoms with Crippen LogP contribution in [0.2, 0.25) is 0 Å². The van der Waals surface area contributed by atoms with Crippen LogP contribution in [0, 0.1) is 11.3 Å². The molecule has 0 aliphatic carbocycles. The van der Waals surface area contributed by atoms with Crippen molar-refractivity contribution in [3.05, 3.63) is 17.7 Å². The van der Waals surface area contributed by atoms with E-state index < -0.39 is 18.3 Å². The lowest BCUT2D eigenvalue weighted by Crippen LogP contribution is -2.41. The van der Waals surface area contributed by atoms with Gasteiger partial charge in [0.2, 0.25) is 0 Å². The number of rotatable bonds is 1. The van der Waals surface area contributed by atoms with Crippen molar-refractivity contribution in [1.82, 2.24) is 0 Å². The van der Waals surface area contributed by atoms with Crippen molar-refractivity contribution in [3.8, 4) is 6.07 Å². The summed E-state index contributed by atoms with van der Waals surface area (Å²) in [5.41, 5.74) is 12.7. The molecule has 0 atom stereocenters. The van der Waals surface area contributed by atoms with Crippen molar-refractivity contribution in [2.75, 3.05) is 11.5 Å². The van der Waals surface area contributed by atoms with Gasteiger partial charge in [-0.2, -0.15) is 5.26 Å². The molecule has 1 fully saturated rings. The van der Waals surface area contributed by atoms with Gasteiger partial charge in [-0.05, 0) is 39.8 Å². The number of hydrogen-bond donors (Lipinski definition) is 2. The lowest BCUT2D eigenvalue weighted by atomic mass is 9.76. The Balaban J connectivity index is 2.45. The predicted molar refractivity (Wildman–Crippen MR) is 75.7 cm³/mol. The zero-order valence-corrected chi connectivity index (χ0v) is 11.7. The second-order valence-electron chi connectivity index (χ2n) is 5.77. The second kappa shape index (κ2) is 4.15. The number of anilines is 2. The van der Waals surface area contributed by atoms with Crippen LogP contribution in [0.3, 0.4) is 0 Å². The van der Waals surface area contributed by atoms with Gasteiger partial charge in [-0.25, -0.2) is 0 Å². The molecule has 0 bridgehead atoms. The van der Waals surface area contributed by atoms with E-state index in [1.807, 2.05) is 27.7 Å². The Morgan fingerprint density at radius 3 is 2.11 bits per heavy atom. The van der Waals surface area contributed by atoms with Gasteiger partial charge in [-0.15, -0.1) is 0 Å². The molecule has 1 aliphatic rings. The number of nitriles is 1. The lowest BCUT2D eigenvalue weighted by molar-refractivity contribution is 0.00578. The standard InChI is InChI=1S/C13H18BN3O2/c1-12(2)13(3,4)19-14(18-12)9-5-8(7-15)6-10(16)11(9)17/h5-6H,16-17H2,1-4H3. The van der Waals surface area contributed by atoms with E-state index in [1.54, 1.807) is 12.1 Å². The second-order valence-corrected chi connectivity index (χ2v) is 5.77. The number of nitrogen functional groups attached to an aromatic ring is 2. The summed E-state index contributed by atoms with van der Waals surface area (Å²) in [6.45, 7) is 7.84. The van der Waals surface area contributed by atoms with E-state index in [4.69, 9.17) is 26.0 Å². The van der Waals surface area contributed by atoms with Crippen LogP contribution >= 0.6 is 0 Å². The zero-order chi connectivity index (χ0) is 14.4. The first-order chi connectivity index (χ1) is 8.68. The third kappa shape index (κ3) is 2.16. The molecule has 19 heavy (non-hydrogen) atoms.